The summed E-state index contributed by atoms with van der Waals surface area (Å²) in [4.78, 5) is 4.54. The van der Waals surface area contributed by atoms with Crippen molar-refractivity contribution in [3.8, 4) is 0 Å². The lowest BCUT2D eigenvalue weighted by atomic mass is 10.00. The van der Waals surface area contributed by atoms with Crippen LogP contribution in [0.5, 0.6) is 0 Å². The van der Waals surface area contributed by atoms with E-state index in [1.165, 1.54) is 25.0 Å². The number of aromatic nitrogens is 2. The van der Waals surface area contributed by atoms with Crippen molar-refractivity contribution in [1.29, 1.82) is 0 Å². The summed E-state index contributed by atoms with van der Waals surface area (Å²) >= 11 is 5.89. The lowest BCUT2D eigenvalue weighted by Crippen LogP contribution is -2.18. The predicted molar refractivity (Wildman–Crippen MR) is 58.8 cm³/mol. The van der Waals surface area contributed by atoms with E-state index in [1.807, 2.05) is 0 Å². The minimum absolute atomic E-state index is 0.555. The van der Waals surface area contributed by atoms with Crippen molar-refractivity contribution in [1.82, 2.24) is 9.55 Å². The van der Waals surface area contributed by atoms with Gasteiger partial charge in [-0.05, 0) is 32.6 Å². The van der Waals surface area contributed by atoms with Gasteiger partial charge in [0.05, 0.1) is 11.6 Å². The Hall–Kier alpha value is -0.500. The van der Waals surface area contributed by atoms with E-state index in [0.717, 1.165) is 17.9 Å². The highest BCUT2D eigenvalue weighted by Gasteiger charge is 2.23. The van der Waals surface area contributed by atoms with Gasteiger partial charge in [-0.15, -0.1) is 11.6 Å². The van der Waals surface area contributed by atoms with Crippen molar-refractivity contribution in [2.24, 2.45) is 0 Å². The van der Waals surface area contributed by atoms with Gasteiger partial charge >= 0.3 is 0 Å². The van der Waals surface area contributed by atoms with Gasteiger partial charge in [-0.25, -0.2) is 4.98 Å². The lowest BCUT2D eigenvalue weighted by molar-refractivity contribution is 0.384. The summed E-state index contributed by atoms with van der Waals surface area (Å²) in [7, 11) is 0. The Kier molecular flexibility index (Phi) is 2.82. The van der Waals surface area contributed by atoms with Crippen LogP contribution in [0.3, 0.4) is 0 Å². The van der Waals surface area contributed by atoms with Crippen LogP contribution in [0, 0.1) is 6.92 Å². The normalized spacial score (nSPS) is 20.9. The second kappa shape index (κ2) is 3.93. The van der Waals surface area contributed by atoms with Gasteiger partial charge in [0.1, 0.15) is 5.82 Å². The third kappa shape index (κ3) is 1.46. The summed E-state index contributed by atoms with van der Waals surface area (Å²) in [6, 6.07) is 0.656. The van der Waals surface area contributed by atoms with Crippen LogP contribution in [0.2, 0.25) is 0 Å². The summed E-state index contributed by atoms with van der Waals surface area (Å²) in [6.45, 7) is 4.34. The Morgan fingerprint density at radius 3 is 3.00 bits per heavy atom. The third-order valence-corrected chi connectivity index (χ3v) is 3.44. The fourth-order valence-electron chi connectivity index (χ4n) is 2.53. The Morgan fingerprint density at radius 2 is 2.36 bits per heavy atom. The first kappa shape index (κ1) is 10.0. The number of alkyl halides is 1. The Labute approximate surface area is 90.3 Å². The molecule has 0 fully saturated rings. The molecule has 1 unspecified atom stereocenters. The molecule has 2 heterocycles. The smallest absolute Gasteiger partial charge is 0.106 e. The molecule has 2 nitrogen and oxygen atoms in total. The summed E-state index contributed by atoms with van der Waals surface area (Å²) < 4.78 is 2.40. The van der Waals surface area contributed by atoms with Gasteiger partial charge in [0.2, 0.25) is 0 Å². The summed E-state index contributed by atoms with van der Waals surface area (Å²) in [5, 5.41) is 0. The number of fused-ring (bicyclic) bond motifs is 1. The number of hydrogen-bond donors (Lipinski definition) is 0. The molecular weight excluding hydrogens is 196 g/mol. The van der Waals surface area contributed by atoms with E-state index in [0.29, 0.717) is 11.9 Å². The van der Waals surface area contributed by atoms with Crippen LogP contribution in [0.4, 0.5) is 0 Å². The monoisotopic (exact) mass is 212 g/mol. The molecule has 0 spiro atoms. The van der Waals surface area contributed by atoms with Gasteiger partial charge in [-0.3, -0.25) is 0 Å². The van der Waals surface area contributed by atoms with Crippen LogP contribution in [0.25, 0.3) is 0 Å². The van der Waals surface area contributed by atoms with E-state index in [1.54, 1.807) is 0 Å². The number of rotatable bonds is 2. The fraction of sp³-hybridized carbons (Fsp3) is 0.727. The molecular formula is C11H17ClN2. The number of imidazole rings is 1. The van der Waals surface area contributed by atoms with Crippen LogP contribution in [0.1, 0.15) is 49.4 Å². The van der Waals surface area contributed by atoms with Crippen molar-refractivity contribution < 1.29 is 0 Å². The second-order valence-corrected chi connectivity index (χ2v) is 4.28. The molecule has 0 bridgehead atoms. The van der Waals surface area contributed by atoms with Gasteiger partial charge < -0.3 is 4.57 Å². The van der Waals surface area contributed by atoms with Gasteiger partial charge in [0, 0.05) is 11.7 Å². The van der Waals surface area contributed by atoms with E-state index in [-0.39, 0.29) is 0 Å². The molecule has 1 aliphatic heterocycles. The standard InChI is InChI=1S/C11H17ClN2/c1-3-9-5-4-6-11-10(7-12)13-8(2)14(9)11/h9H,3-7H2,1-2H3. The summed E-state index contributed by atoms with van der Waals surface area (Å²) in [5.41, 5.74) is 2.48. The van der Waals surface area contributed by atoms with E-state index in [9.17, 15) is 0 Å². The maximum Gasteiger partial charge on any atom is 0.106 e. The molecule has 78 valence electrons. The molecule has 0 aliphatic carbocycles. The first-order valence-corrected chi connectivity index (χ1v) is 5.94. The van der Waals surface area contributed by atoms with Crippen LogP contribution in [0.15, 0.2) is 0 Å². The molecule has 0 saturated heterocycles. The highest BCUT2D eigenvalue weighted by Crippen LogP contribution is 2.31. The van der Waals surface area contributed by atoms with E-state index < -0.39 is 0 Å². The Balaban J connectivity index is 2.46. The minimum Gasteiger partial charge on any atom is -0.329 e. The predicted octanol–water partition coefficient (Wildman–Crippen LogP) is 3.22. The van der Waals surface area contributed by atoms with Gasteiger partial charge in [-0.1, -0.05) is 6.92 Å². The lowest BCUT2D eigenvalue weighted by Gasteiger charge is -2.26. The maximum absolute atomic E-state index is 5.89. The summed E-state index contributed by atoms with van der Waals surface area (Å²) in [6.07, 6.45) is 4.93. The third-order valence-electron chi connectivity index (χ3n) is 3.18. The van der Waals surface area contributed by atoms with Gasteiger partial charge in [-0.2, -0.15) is 0 Å². The zero-order valence-corrected chi connectivity index (χ0v) is 9.64. The SMILES string of the molecule is CCC1CCCc2c(CCl)nc(C)n21. The molecule has 0 N–H and O–H groups in total. The fourth-order valence-corrected chi connectivity index (χ4v) is 2.74. The van der Waals surface area contributed by atoms with Crippen LogP contribution >= 0.6 is 11.6 Å². The molecule has 3 heteroatoms. The largest absolute Gasteiger partial charge is 0.329 e. The number of halogens is 1. The Bertz CT molecular complexity index is 330. The molecule has 2 rings (SSSR count). The first-order valence-electron chi connectivity index (χ1n) is 5.40. The van der Waals surface area contributed by atoms with Crippen LogP contribution in [-0.2, 0) is 12.3 Å². The van der Waals surface area contributed by atoms with Gasteiger partial charge in [0.25, 0.3) is 0 Å². The highest BCUT2D eigenvalue weighted by atomic mass is 35.5. The highest BCUT2D eigenvalue weighted by molar-refractivity contribution is 6.17. The van der Waals surface area contributed by atoms with E-state index >= 15 is 0 Å². The van der Waals surface area contributed by atoms with E-state index in [4.69, 9.17) is 11.6 Å². The zero-order chi connectivity index (χ0) is 10.1. The number of nitrogens with zero attached hydrogens (tertiary/aromatic N) is 2. The van der Waals surface area contributed by atoms with Crippen molar-refractivity contribution in [3.05, 3.63) is 17.2 Å². The molecule has 14 heavy (non-hydrogen) atoms. The number of aryl methyl sites for hydroxylation is 1. The first-order chi connectivity index (χ1) is 6.77. The quantitative estimate of drug-likeness (QED) is 0.689. The van der Waals surface area contributed by atoms with Crippen LogP contribution in [-0.4, -0.2) is 9.55 Å². The molecule has 0 radical (unpaired) electrons. The van der Waals surface area contributed by atoms with Crippen LogP contribution < -0.4 is 0 Å². The molecule has 0 saturated carbocycles. The van der Waals surface area contributed by atoms with Crippen molar-refractivity contribution in [2.75, 3.05) is 0 Å². The summed E-state index contributed by atoms with van der Waals surface area (Å²) in [5.74, 6) is 1.70. The molecule has 0 amide bonds. The number of hydrogen-bond acceptors (Lipinski definition) is 1. The average Bonchev–Trinajstić information content (AvgIpc) is 2.55. The molecule has 1 aromatic rings. The molecule has 1 aliphatic rings. The maximum atomic E-state index is 5.89. The van der Waals surface area contributed by atoms with Crippen molar-refractivity contribution in [2.45, 2.75) is 51.5 Å². The minimum atomic E-state index is 0.555. The van der Waals surface area contributed by atoms with Gasteiger partial charge in [0.15, 0.2) is 0 Å². The van der Waals surface area contributed by atoms with Crippen molar-refractivity contribution in [3.63, 3.8) is 0 Å². The van der Waals surface area contributed by atoms with E-state index in [2.05, 4.69) is 23.4 Å². The topological polar surface area (TPSA) is 17.8 Å². The molecule has 1 aromatic heterocycles. The molecule has 1 atom stereocenters. The Morgan fingerprint density at radius 1 is 1.57 bits per heavy atom. The zero-order valence-electron chi connectivity index (χ0n) is 8.89. The average molecular weight is 213 g/mol. The second-order valence-electron chi connectivity index (χ2n) is 4.01. The van der Waals surface area contributed by atoms with Crippen molar-refractivity contribution >= 4 is 11.6 Å². The molecule has 0 aromatic carbocycles.